The lowest BCUT2D eigenvalue weighted by Gasteiger charge is -2.34. The van der Waals surface area contributed by atoms with Crippen LogP contribution in [-0.2, 0) is 26.0 Å². The number of rotatable bonds is 13. The van der Waals surface area contributed by atoms with E-state index >= 15 is 0 Å². The van der Waals surface area contributed by atoms with Crippen LogP contribution in [0.15, 0.2) is 47.4 Å². The molecule has 3 N–H and O–H groups in total. The van der Waals surface area contributed by atoms with Crippen LogP contribution < -0.4 is 16.0 Å². The van der Waals surface area contributed by atoms with Gasteiger partial charge in [-0.2, -0.15) is 4.31 Å². The molecule has 2 fully saturated rings. The summed E-state index contributed by atoms with van der Waals surface area (Å²) in [6.45, 7) is 5.15. The Balaban J connectivity index is 1.44. The molecule has 0 aromatic heterocycles. The molecule has 4 rings (SSSR count). The fourth-order valence-electron chi connectivity index (χ4n) is 5.66. The van der Waals surface area contributed by atoms with Crippen molar-refractivity contribution in [1.82, 2.24) is 25.2 Å². The number of benzene rings is 2. The molecule has 2 aromatic rings. The van der Waals surface area contributed by atoms with Crippen LogP contribution in [0.3, 0.4) is 0 Å². The molecule has 2 saturated heterocycles. The van der Waals surface area contributed by atoms with Gasteiger partial charge in [0.2, 0.25) is 21.8 Å². The minimum atomic E-state index is -4.16. The maximum absolute atomic E-state index is 13.8. The second-order valence-electron chi connectivity index (χ2n) is 11.5. The van der Waals surface area contributed by atoms with Crippen molar-refractivity contribution in [3.05, 3.63) is 63.6 Å². The topological polar surface area (TPSA) is 111 Å². The first-order chi connectivity index (χ1) is 20.6. The predicted octanol–water partition coefficient (Wildman–Crippen LogP) is 3.62. The standard InChI is InChI=1S/C31H43Cl2N5O4S/c1-23-27(32)10-11-28(31(23)33)43(41,42)38(18-14-24-7-3-2-4-8-24)22-29(39)36-19-30(40)37(20-25-12-16-34-17-13-25)21-26-9-5-6-15-35-26/h2-4,7-8,10-11,25-26,34-35H,5-6,9,12-22H2,1H3,(H,36,39). The third kappa shape index (κ3) is 9.64. The quantitative estimate of drug-likeness (QED) is 0.305. The molecule has 236 valence electrons. The second kappa shape index (κ2) is 16.2. The van der Waals surface area contributed by atoms with Crippen molar-refractivity contribution in [2.24, 2.45) is 5.92 Å². The van der Waals surface area contributed by atoms with Gasteiger partial charge in [0, 0.05) is 30.7 Å². The smallest absolute Gasteiger partial charge is 0.245 e. The van der Waals surface area contributed by atoms with Gasteiger partial charge in [0.1, 0.15) is 4.90 Å². The lowest BCUT2D eigenvalue weighted by atomic mass is 9.96. The van der Waals surface area contributed by atoms with E-state index in [-0.39, 0.29) is 35.0 Å². The average Bonchev–Trinajstić information content (AvgIpc) is 3.01. The third-order valence-electron chi connectivity index (χ3n) is 8.30. The van der Waals surface area contributed by atoms with Crippen molar-refractivity contribution in [3.8, 4) is 0 Å². The molecule has 2 amide bonds. The van der Waals surface area contributed by atoms with E-state index in [1.165, 1.54) is 12.1 Å². The van der Waals surface area contributed by atoms with Crippen molar-refractivity contribution in [2.45, 2.75) is 56.4 Å². The molecule has 9 nitrogen and oxygen atoms in total. The number of hydrogen-bond donors (Lipinski definition) is 3. The first-order valence-corrected chi connectivity index (χ1v) is 17.3. The van der Waals surface area contributed by atoms with E-state index in [1.807, 2.05) is 35.2 Å². The number of piperidine rings is 2. The highest BCUT2D eigenvalue weighted by Crippen LogP contribution is 2.32. The van der Waals surface area contributed by atoms with E-state index in [2.05, 4.69) is 16.0 Å². The van der Waals surface area contributed by atoms with Gasteiger partial charge in [-0.3, -0.25) is 9.59 Å². The van der Waals surface area contributed by atoms with Crippen molar-refractivity contribution < 1.29 is 18.0 Å². The number of carbonyl (C=O) groups excluding carboxylic acids is 2. The van der Waals surface area contributed by atoms with E-state index in [0.29, 0.717) is 36.0 Å². The SMILES string of the molecule is Cc1c(Cl)ccc(S(=O)(=O)N(CCc2ccccc2)CC(=O)NCC(=O)N(CC2CCNCC2)CC2CCCCN2)c1Cl. The summed E-state index contributed by atoms with van der Waals surface area (Å²) < 4.78 is 28.7. The lowest BCUT2D eigenvalue weighted by molar-refractivity contribution is -0.134. The molecule has 0 radical (unpaired) electrons. The Morgan fingerprint density at radius 3 is 2.42 bits per heavy atom. The Morgan fingerprint density at radius 1 is 0.977 bits per heavy atom. The third-order valence-corrected chi connectivity index (χ3v) is 11.2. The molecule has 0 saturated carbocycles. The Bertz CT molecular complexity index is 1310. The van der Waals surface area contributed by atoms with Crippen molar-refractivity contribution in [3.63, 3.8) is 0 Å². The first-order valence-electron chi connectivity index (χ1n) is 15.1. The number of nitrogens with zero attached hydrogens (tertiary/aromatic N) is 2. The number of nitrogens with one attached hydrogen (secondary N) is 3. The van der Waals surface area contributed by atoms with Gasteiger partial charge in [-0.25, -0.2) is 8.42 Å². The summed E-state index contributed by atoms with van der Waals surface area (Å²) in [7, 11) is -4.16. The number of halogens is 2. The number of hydrogen-bond acceptors (Lipinski definition) is 6. The van der Waals surface area contributed by atoms with Crippen molar-refractivity contribution in [2.75, 3.05) is 52.4 Å². The van der Waals surface area contributed by atoms with Gasteiger partial charge in [-0.15, -0.1) is 0 Å². The minimum Gasteiger partial charge on any atom is -0.346 e. The van der Waals surface area contributed by atoms with Crippen LogP contribution in [-0.4, -0.2) is 87.8 Å². The highest BCUT2D eigenvalue weighted by Gasteiger charge is 2.30. The van der Waals surface area contributed by atoms with Crippen molar-refractivity contribution in [1.29, 1.82) is 0 Å². The molecule has 43 heavy (non-hydrogen) atoms. The lowest BCUT2D eigenvalue weighted by Crippen LogP contribution is -2.51. The van der Waals surface area contributed by atoms with E-state index in [1.54, 1.807) is 6.92 Å². The van der Waals surface area contributed by atoms with Gasteiger partial charge in [-0.05, 0) is 87.8 Å². The van der Waals surface area contributed by atoms with E-state index in [9.17, 15) is 18.0 Å². The molecular formula is C31H43Cl2N5O4S. The molecule has 0 aliphatic carbocycles. The summed E-state index contributed by atoms with van der Waals surface area (Å²) in [5.41, 5.74) is 1.38. The first kappa shape index (κ1) is 33.7. The van der Waals surface area contributed by atoms with Crippen LogP contribution in [0.1, 0.15) is 43.2 Å². The van der Waals surface area contributed by atoms with Gasteiger partial charge < -0.3 is 20.9 Å². The normalized spacial score (nSPS) is 18.0. The van der Waals surface area contributed by atoms with Gasteiger partial charge in [0.15, 0.2) is 0 Å². The Labute approximate surface area is 265 Å². The summed E-state index contributed by atoms with van der Waals surface area (Å²) in [6.07, 6.45) is 5.70. The number of sulfonamides is 1. The molecule has 12 heteroatoms. The molecule has 1 atom stereocenters. The summed E-state index contributed by atoms with van der Waals surface area (Å²) in [4.78, 5) is 28.4. The van der Waals surface area contributed by atoms with Gasteiger partial charge in [-0.1, -0.05) is 60.0 Å². The second-order valence-corrected chi connectivity index (χ2v) is 14.2. The molecule has 2 aromatic carbocycles. The summed E-state index contributed by atoms with van der Waals surface area (Å²) in [5.74, 6) is -0.297. The van der Waals surface area contributed by atoms with Gasteiger partial charge in [0.25, 0.3) is 0 Å². The summed E-state index contributed by atoms with van der Waals surface area (Å²) in [5, 5.41) is 9.97. The van der Waals surface area contributed by atoms with Crippen LogP contribution in [0.25, 0.3) is 0 Å². The van der Waals surface area contributed by atoms with Crippen LogP contribution in [0.2, 0.25) is 10.0 Å². The maximum atomic E-state index is 13.8. The van der Waals surface area contributed by atoms with E-state index < -0.39 is 22.5 Å². The molecule has 1 unspecified atom stereocenters. The van der Waals surface area contributed by atoms with Gasteiger partial charge >= 0.3 is 0 Å². The van der Waals surface area contributed by atoms with Crippen LogP contribution in [0.5, 0.6) is 0 Å². The maximum Gasteiger partial charge on any atom is 0.245 e. The molecule has 2 aliphatic rings. The Morgan fingerprint density at radius 2 is 1.72 bits per heavy atom. The predicted molar refractivity (Wildman–Crippen MR) is 171 cm³/mol. The van der Waals surface area contributed by atoms with E-state index in [0.717, 1.165) is 61.6 Å². The van der Waals surface area contributed by atoms with Crippen LogP contribution in [0.4, 0.5) is 0 Å². The molecule has 0 spiro atoms. The van der Waals surface area contributed by atoms with Crippen molar-refractivity contribution >= 4 is 45.0 Å². The highest BCUT2D eigenvalue weighted by atomic mass is 35.5. The zero-order valence-corrected chi connectivity index (χ0v) is 27.1. The Kier molecular flexibility index (Phi) is 12.7. The van der Waals surface area contributed by atoms with Crippen LogP contribution >= 0.6 is 23.2 Å². The Hall–Kier alpha value is -2.21. The summed E-state index contributed by atoms with van der Waals surface area (Å²) >= 11 is 12.6. The molecule has 0 bridgehead atoms. The summed E-state index contributed by atoms with van der Waals surface area (Å²) in [6, 6.07) is 12.5. The molecule has 2 aliphatic heterocycles. The zero-order valence-electron chi connectivity index (χ0n) is 24.8. The van der Waals surface area contributed by atoms with E-state index in [4.69, 9.17) is 23.2 Å². The fraction of sp³-hybridized carbons (Fsp3) is 0.548. The molecule has 2 heterocycles. The van der Waals surface area contributed by atoms with Gasteiger partial charge in [0.05, 0.1) is 18.1 Å². The number of carbonyl (C=O) groups is 2. The fourth-order valence-corrected chi connectivity index (χ4v) is 7.84. The largest absolute Gasteiger partial charge is 0.346 e. The minimum absolute atomic E-state index is 0.0256. The molecular weight excluding hydrogens is 609 g/mol. The average molecular weight is 653 g/mol. The zero-order chi connectivity index (χ0) is 30.8. The number of amides is 2. The monoisotopic (exact) mass is 651 g/mol. The van der Waals surface area contributed by atoms with Crippen LogP contribution in [0, 0.1) is 12.8 Å². The highest BCUT2D eigenvalue weighted by molar-refractivity contribution is 7.89.